The number of aliphatic hydroxyl groups excluding tert-OH is 1. The third kappa shape index (κ3) is 7.35. The molecule has 0 fully saturated rings. The number of rotatable bonds is 7. The number of halogens is 3. The van der Waals surface area contributed by atoms with Gasteiger partial charge in [0.2, 0.25) is 0 Å². The van der Waals surface area contributed by atoms with E-state index >= 15 is 0 Å². The largest absolute Gasteiger partial charge is 0.401 e. The second kappa shape index (κ2) is 7.40. The molecule has 1 N–H and O–H groups in total. The highest BCUT2D eigenvalue weighted by atomic mass is 32.1. The van der Waals surface area contributed by atoms with Gasteiger partial charge in [-0.3, -0.25) is 4.90 Å². The van der Waals surface area contributed by atoms with Crippen LogP contribution in [0.2, 0.25) is 0 Å². The minimum atomic E-state index is -4.21. The Morgan fingerprint density at radius 1 is 1.31 bits per heavy atom. The van der Waals surface area contributed by atoms with E-state index in [0.717, 1.165) is 0 Å². The van der Waals surface area contributed by atoms with Crippen molar-refractivity contribution in [2.45, 2.75) is 20.0 Å². The summed E-state index contributed by atoms with van der Waals surface area (Å²) >= 11 is 4.14. The summed E-state index contributed by atoms with van der Waals surface area (Å²) < 4.78 is 36.7. The van der Waals surface area contributed by atoms with Crippen LogP contribution in [0, 0.1) is 11.8 Å². The van der Waals surface area contributed by atoms with Crippen LogP contribution in [0.4, 0.5) is 13.2 Å². The molecule has 0 aliphatic heterocycles. The molecule has 1 atom stereocenters. The normalized spacial score (nSPS) is 14.8. The lowest BCUT2D eigenvalue weighted by molar-refractivity contribution is -0.148. The van der Waals surface area contributed by atoms with Gasteiger partial charge in [0.15, 0.2) is 0 Å². The molecule has 98 valence electrons. The molecule has 1 unspecified atom stereocenters. The van der Waals surface area contributed by atoms with Crippen molar-refractivity contribution in [3.63, 3.8) is 0 Å². The molecule has 16 heavy (non-hydrogen) atoms. The Morgan fingerprint density at radius 2 is 1.88 bits per heavy atom. The van der Waals surface area contributed by atoms with E-state index in [-0.39, 0.29) is 25.0 Å². The van der Waals surface area contributed by atoms with Gasteiger partial charge in [0.25, 0.3) is 0 Å². The van der Waals surface area contributed by atoms with E-state index < -0.39 is 12.7 Å². The summed E-state index contributed by atoms with van der Waals surface area (Å²) in [7, 11) is 0. The van der Waals surface area contributed by atoms with Crippen molar-refractivity contribution in [2.75, 3.05) is 32.0 Å². The van der Waals surface area contributed by atoms with Crippen molar-refractivity contribution in [1.29, 1.82) is 0 Å². The Hall–Kier alpha value is 0.0600. The lowest BCUT2D eigenvalue weighted by Crippen LogP contribution is -2.40. The first-order chi connectivity index (χ1) is 7.30. The predicted molar refractivity (Wildman–Crippen MR) is 61.8 cm³/mol. The SMILES string of the molecule is CC(C)C(CS)CN(CCO)CC(F)(F)F. The van der Waals surface area contributed by atoms with Gasteiger partial charge < -0.3 is 5.11 Å². The Kier molecular flexibility index (Phi) is 7.43. The van der Waals surface area contributed by atoms with Crippen LogP contribution in [-0.4, -0.2) is 48.2 Å². The summed E-state index contributed by atoms with van der Waals surface area (Å²) in [6.07, 6.45) is -4.21. The molecule has 0 rings (SSSR count). The fourth-order valence-electron chi connectivity index (χ4n) is 1.44. The van der Waals surface area contributed by atoms with E-state index in [4.69, 9.17) is 5.11 Å². The Morgan fingerprint density at radius 3 is 2.19 bits per heavy atom. The summed E-state index contributed by atoms with van der Waals surface area (Å²) in [6.45, 7) is 3.08. The highest BCUT2D eigenvalue weighted by Gasteiger charge is 2.31. The number of alkyl halides is 3. The van der Waals surface area contributed by atoms with E-state index in [2.05, 4.69) is 12.6 Å². The van der Waals surface area contributed by atoms with Gasteiger partial charge in [0, 0.05) is 13.1 Å². The maximum atomic E-state index is 12.2. The number of hydrogen-bond donors (Lipinski definition) is 2. The molecule has 0 spiro atoms. The molecule has 0 bridgehead atoms. The fraction of sp³-hybridized carbons (Fsp3) is 1.00. The molecule has 0 aliphatic rings. The molecule has 6 heteroatoms. The monoisotopic (exact) mass is 259 g/mol. The molecule has 0 radical (unpaired) electrons. The summed E-state index contributed by atoms with van der Waals surface area (Å²) in [5.74, 6) is 0.946. The van der Waals surface area contributed by atoms with Gasteiger partial charge in [-0.1, -0.05) is 13.8 Å². The van der Waals surface area contributed by atoms with E-state index in [1.165, 1.54) is 4.90 Å². The molecule has 0 saturated heterocycles. The van der Waals surface area contributed by atoms with Gasteiger partial charge in [0.05, 0.1) is 13.2 Å². The summed E-state index contributed by atoms with van der Waals surface area (Å²) in [5, 5.41) is 8.73. The molecule has 0 aromatic heterocycles. The smallest absolute Gasteiger partial charge is 0.395 e. The van der Waals surface area contributed by atoms with Crippen molar-refractivity contribution >= 4 is 12.6 Å². The first-order valence-corrected chi connectivity index (χ1v) is 5.94. The highest BCUT2D eigenvalue weighted by molar-refractivity contribution is 7.80. The second-order valence-electron chi connectivity index (χ2n) is 4.26. The van der Waals surface area contributed by atoms with E-state index in [1.54, 1.807) is 0 Å². The van der Waals surface area contributed by atoms with Gasteiger partial charge >= 0.3 is 6.18 Å². The Labute approximate surface area is 100 Å². The van der Waals surface area contributed by atoms with Crippen LogP contribution in [0.1, 0.15) is 13.8 Å². The maximum Gasteiger partial charge on any atom is 0.401 e. The second-order valence-corrected chi connectivity index (χ2v) is 4.63. The molecule has 0 aromatic rings. The quantitative estimate of drug-likeness (QED) is 0.684. The van der Waals surface area contributed by atoms with Crippen LogP contribution in [0.5, 0.6) is 0 Å². The average Bonchev–Trinajstić information content (AvgIpc) is 2.11. The first kappa shape index (κ1) is 16.1. The maximum absolute atomic E-state index is 12.2. The molecular weight excluding hydrogens is 239 g/mol. The molecule has 0 amide bonds. The van der Waals surface area contributed by atoms with E-state index in [1.807, 2.05) is 13.8 Å². The van der Waals surface area contributed by atoms with Crippen molar-refractivity contribution in [1.82, 2.24) is 4.90 Å². The van der Waals surface area contributed by atoms with Crippen LogP contribution >= 0.6 is 12.6 Å². The molecule has 0 saturated carbocycles. The lowest BCUT2D eigenvalue weighted by Gasteiger charge is -2.28. The predicted octanol–water partition coefficient (Wildman–Crippen LogP) is 2.04. The summed E-state index contributed by atoms with van der Waals surface area (Å²) in [5.41, 5.74) is 0. The van der Waals surface area contributed by atoms with Gasteiger partial charge in [0.1, 0.15) is 0 Å². The third-order valence-corrected chi connectivity index (χ3v) is 2.96. The van der Waals surface area contributed by atoms with E-state index in [0.29, 0.717) is 12.3 Å². The van der Waals surface area contributed by atoms with Gasteiger partial charge in [-0.2, -0.15) is 25.8 Å². The van der Waals surface area contributed by atoms with Crippen LogP contribution < -0.4 is 0 Å². The molecule has 0 aliphatic carbocycles. The number of nitrogens with zero attached hydrogens (tertiary/aromatic N) is 1. The Balaban J connectivity index is 4.30. The topological polar surface area (TPSA) is 23.5 Å². The average molecular weight is 259 g/mol. The van der Waals surface area contributed by atoms with Crippen molar-refractivity contribution in [3.8, 4) is 0 Å². The van der Waals surface area contributed by atoms with Gasteiger partial charge in [-0.15, -0.1) is 0 Å². The molecule has 0 aromatic carbocycles. The van der Waals surface area contributed by atoms with Crippen LogP contribution in [0.3, 0.4) is 0 Å². The number of thiol groups is 1. The highest BCUT2D eigenvalue weighted by Crippen LogP contribution is 2.19. The van der Waals surface area contributed by atoms with Crippen molar-refractivity contribution in [3.05, 3.63) is 0 Å². The van der Waals surface area contributed by atoms with Gasteiger partial charge in [-0.05, 0) is 17.6 Å². The minimum Gasteiger partial charge on any atom is -0.395 e. The van der Waals surface area contributed by atoms with Crippen molar-refractivity contribution < 1.29 is 18.3 Å². The zero-order valence-electron chi connectivity index (χ0n) is 9.67. The van der Waals surface area contributed by atoms with Crippen LogP contribution in [0.25, 0.3) is 0 Å². The van der Waals surface area contributed by atoms with E-state index in [9.17, 15) is 13.2 Å². The number of hydrogen-bond acceptors (Lipinski definition) is 3. The lowest BCUT2D eigenvalue weighted by atomic mass is 9.97. The zero-order chi connectivity index (χ0) is 12.8. The minimum absolute atomic E-state index is 0.0521. The Bertz CT molecular complexity index is 187. The summed E-state index contributed by atoms with van der Waals surface area (Å²) in [4.78, 5) is 1.24. The fourth-order valence-corrected chi connectivity index (χ4v) is 1.98. The standard InChI is InChI=1S/C10H20F3NOS/c1-8(2)9(6-16)5-14(3-4-15)7-10(11,12)13/h8-9,15-16H,3-7H2,1-2H3. The van der Waals surface area contributed by atoms with Gasteiger partial charge in [-0.25, -0.2) is 0 Å². The zero-order valence-corrected chi connectivity index (χ0v) is 10.6. The summed E-state index contributed by atoms with van der Waals surface area (Å²) in [6, 6.07) is 0. The van der Waals surface area contributed by atoms with Crippen LogP contribution in [0.15, 0.2) is 0 Å². The third-order valence-electron chi connectivity index (χ3n) is 2.49. The molecule has 0 heterocycles. The number of aliphatic hydroxyl groups is 1. The van der Waals surface area contributed by atoms with Crippen molar-refractivity contribution in [2.24, 2.45) is 11.8 Å². The van der Waals surface area contributed by atoms with Crippen LogP contribution in [-0.2, 0) is 0 Å². The molecule has 2 nitrogen and oxygen atoms in total. The molecular formula is C10H20F3NOS. The first-order valence-electron chi connectivity index (χ1n) is 5.31.